The van der Waals surface area contributed by atoms with Gasteiger partial charge in [0.1, 0.15) is 12.4 Å². The summed E-state index contributed by atoms with van der Waals surface area (Å²) in [6, 6.07) is 15.0. The Morgan fingerprint density at radius 1 is 1.00 bits per heavy atom. The lowest BCUT2D eigenvalue weighted by atomic mass is 10.1. The number of ether oxygens (including phenoxy) is 1. The van der Waals surface area contributed by atoms with Crippen molar-refractivity contribution in [3.63, 3.8) is 0 Å². The molecule has 0 bridgehead atoms. The molecule has 0 aromatic heterocycles. The van der Waals surface area contributed by atoms with Crippen LogP contribution in [-0.2, 0) is 17.8 Å². The van der Waals surface area contributed by atoms with Crippen LogP contribution < -0.4 is 10.2 Å². The predicted molar refractivity (Wildman–Crippen MR) is 120 cm³/mol. The Bertz CT molecular complexity index is 1130. The summed E-state index contributed by atoms with van der Waals surface area (Å²) in [5.74, 6) is -1.47. The minimum absolute atomic E-state index is 0.0549. The van der Waals surface area contributed by atoms with Crippen LogP contribution in [0.25, 0.3) is 0 Å². The van der Waals surface area contributed by atoms with Crippen LogP contribution in [0, 0.1) is 5.82 Å². The number of rotatable bonds is 8. The van der Waals surface area contributed by atoms with E-state index in [0.717, 1.165) is 5.56 Å². The molecule has 3 aromatic carbocycles. The molecule has 164 valence electrons. The van der Waals surface area contributed by atoms with E-state index in [1.807, 2.05) is 0 Å². The van der Waals surface area contributed by atoms with E-state index >= 15 is 0 Å². The van der Waals surface area contributed by atoms with Crippen molar-refractivity contribution in [1.82, 2.24) is 5.43 Å². The lowest BCUT2D eigenvalue weighted by Crippen LogP contribution is -2.19. The first-order valence-corrected chi connectivity index (χ1v) is 10.1. The number of nitrogens with one attached hydrogen (secondary N) is 1. The van der Waals surface area contributed by atoms with E-state index in [-0.39, 0.29) is 46.1 Å². The number of hydrazone groups is 1. The van der Waals surface area contributed by atoms with E-state index in [0.29, 0.717) is 11.1 Å². The number of hydrogen-bond acceptors (Lipinski definition) is 4. The zero-order chi connectivity index (χ0) is 23.1. The lowest BCUT2D eigenvalue weighted by Gasteiger charge is -2.11. The first-order valence-electron chi connectivity index (χ1n) is 9.32. The zero-order valence-electron chi connectivity index (χ0n) is 16.5. The average Bonchev–Trinajstić information content (AvgIpc) is 2.75. The molecule has 2 N–H and O–H groups in total. The summed E-state index contributed by atoms with van der Waals surface area (Å²) >= 11 is 12.5. The molecular formula is C23H17Cl2FN2O4. The SMILES string of the molecule is O=C(Cc1ccc(F)cc1)N/N=C/c1cc(Cl)c(OCc2ccc(C(=O)O)cc2)c(Cl)c1. The number of carbonyl (C=O) groups excluding carboxylic acids is 1. The van der Waals surface area contributed by atoms with E-state index in [1.54, 1.807) is 24.3 Å². The Balaban J connectivity index is 1.57. The fourth-order valence-electron chi connectivity index (χ4n) is 2.70. The van der Waals surface area contributed by atoms with Gasteiger partial charge >= 0.3 is 5.97 Å². The fraction of sp³-hybridized carbons (Fsp3) is 0.0870. The first-order chi connectivity index (χ1) is 15.3. The van der Waals surface area contributed by atoms with Crippen LogP contribution in [0.4, 0.5) is 4.39 Å². The van der Waals surface area contributed by atoms with Gasteiger partial charge in [-0.2, -0.15) is 5.10 Å². The van der Waals surface area contributed by atoms with Crippen molar-refractivity contribution >= 4 is 41.3 Å². The van der Waals surface area contributed by atoms with Gasteiger partial charge in [0.05, 0.1) is 28.2 Å². The van der Waals surface area contributed by atoms with Crippen LogP contribution >= 0.6 is 23.2 Å². The summed E-state index contributed by atoms with van der Waals surface area (Å²) in [5, 5.41) is 13.3. The topological polar surface area (TPSA) is 88.0 Å². The van der Waals surface area contributed by atoms with E-state index in [9.17, 15) is 14.0 Å². The lowest BCUT2D eigenvalue weighted by molar-refractivity contribution is -0.120. The van der Waals surface area contributed by atoms with Gasteiger partial charge in [0.15, 0.2) is 5.75 Å². The van der Waals surface area contributed by atoms with Gasteiger partial charge in [-0.25, -0.2) is 14.6 Å². The number of benzene rings is 3. The Morgan fingerprint density at radius 2 is 1.59 bits per heavy atom. The van der Waals surface area contributed by atoms with Gasteiger partial charge in [-0.15, -0.1) is 0 Å². The molecule has 0 spiro atoms. The van der Waals surface area contributed by atoms with Crippen molar-refractivity contribution in [2.45, 2.75) is 13.0 Å². The van der Waals surface area contributed by atoms with Gasteiger partial charge in [-0.1, -0.05) is 47.5 Å². The summed E-state index contributed by atoms with van der Waals surface area (Å²) in [6.45, 7) is 0.145. The highest BCUT2D eigenvalue weighted by molar-refractivity contribution is 6.37. The number of carboxylic acids is 1. The van der Waals surface area contributed by atoms with Crippen molar-refractivity contribution < 1.29 is 23.8 Å². The predicted octanol–water partition coefficient (Wildman–Crippen LogP) is 5.10. The van der Waals surface area contributed by atoms with Gasteiger partial charge in [0.25, 0.3) is 0 Å². The molecule has 0 atom stereocenters. The number of carbonyl (C=O) groups is 2. The summed E-state index contributed by atoms with van der Waals surface area (Å²) in [5.41, 5.74) is 4.51. The second-order valence-electron chi connectivity index (χ2n) is 6.70. The molecular weight excluding hydrogens is 458 g/mol. The molecule has 3 aromatic rings. The average molecular weight is 475 g/mol. The van der Waals surface area contributed by atoms with Gasteiger partial charge in [-0.05, 0) is 53.1 Å². The van der Waals surface area contributed by atoms with Crippen LogP contribution in [0.1, 0.15) is 27.0 Å². The van der Waals surface area contributed by atoms with Gasteiger partial charge in [0.2, 0.25) is 5.91 Å². The highest BCUT2D eigenvalue weighted by Crippen LogP contribution is 2.34. The molecule has 0 radical (unpaired) electrons. The smallest absolute Gasteiger partial charge is 0.335 e. The quantitative estimate of drug-likeness (QED) is 0.351. The molecule has 0 saturated heterocycles. The normalized spacial score (nSPS) is 10.8. The van der Waals surface area contributed by atoms with E-state index in [1.165, 1.54) is 42.6 Å². The Labute approximate surface area is 193 Å². The molecule has 9 heteroatoms. The standard InChI is InChI=1S/C23H17Cl2FN2O4/c24-19-9-16(12-27-28-21(29)11-14-3-7-18(26)8-4-14)10-20(25)22(19)32-13-15-1-5-17(6-2-15)23(30)31/h1-10,12H,11,13H2,(H,28,29)(H,30,31)/b27-12+. The number of aromatic carboxylic acids is 1. The second-order valence-corrected chi connectivity index (χ2v) is 7.52. The summed E-state index contributed by atoms with van der Waals surface area (Å²) < 4.78 is 18.6. The molecule has 0 aliphatic heterocycles. The molecule has 0 heterocycles. The number of halogens is 3. The summed E-state index contributed by atoms with van der Waals surface area (Å²) in [4.78, 5) is 22.8. The molecule has 1 amide bonds. The minimum atomic E-state index is -1.01. The Kier molecular flexibility index (Phi) is 7.81. The molecule has 0 aliphatic carbocycles. The van der Waals surface area contributed by atoms with Crippen molar-refractivity contribution in [3.8, 4) is 5.75 Å². The van der Waals surface area contributed by atoms with Crippen LogP contribution in [0.15, 0.2) is 65.8 Å². The van der Waals surface area contributed by atoms with Gasteiger partial charge < -0.3 is 9.84 Å². The molecule has 0 saturated carbocycles. The van der Waals surface area contributed by atoms with Crippen LogP contribution in [0.3, 0.4) is 0 Å². The summed E-state index contributed by atoms with van der Waals surface area (Å²) in [6.07, 6.45) is 1.44. The van der Waals surface area contributed by atoms with Crippen LogP contribution in [0.5, 0.6) is 5.75 Å². The molecule has 0 aliphatic rings. The molecule has 32 heavy (non-hydrogen) atoms. The molecule has 6 nitrogen and oxygen atoms in total. The van der Waals surface area contributed by atoms with E-state index < -0.39 is 5.97 Å². The Hall–Kier alpha value is -3.42. The third-order valence-corrected chi connectivity index (χ3v) is 4.85. The van der Waals surface area contributed by atoms with E-state index in [4.69, 9.17) is 33.0 Å². The maximum atomic E-state index is 12.9. The van der Waals surface area contributed by atoms with Gasteiger partial charge in [-0.3, -0.25) is 4.79 Å². The van der Waals surface area contributed by atoms with Crippen LogP contribution in [-0.4, -0.2) is 23.2 Å². The monoisotopic (exact) mass is 474 g/mol. The van der Waals surface area contributed by atoms with Crippen molar-refractivity contribution in [2.75, 3.05) is 0 Å². The summed E-state index contributed by atoms with van der Waals surface area (Å²) in [7, 11) is 0. The van der Waals surface area contributed by atoms with Crippen LogP contribution in [0.2, 0.25) is 10.0 Å². The van der Waals surface area contributed by atoms with Crippen molar-refractivity contribution in [3.05, 3.63) is 98.8 Å². The van der Waals surface area contributed by atoms with Gasteiger partial charge in [0, 0.05) is 0 Å². The molecule has 0 unspecified atom stereocenters. The number of carboxylic acid groups (broad SMARTS) is 1. The number of amides is 1. The van der Waals surface area contributed by atoms with Crippen molar-refractivity contribution in [1.29, 1.82) is 0 Å². The third kappa shape index (κ3) is 6.54. The maximum Gasteiger partial charge on any atom is 0.335 e. The highest BCUT2D eigenvalue weighted by atomic mass is 35.5. The largest absolute Gasteiger partial charge is 0.486 e. The number of nitrogens with zero attached hydrogens (tertiary/aromatic N) is 1. The third-order valence-electron chi connectivity index (χ3n) is 4.29. The second kappa shape index (κ2) is 10.7. The Morgan fingerprint density at radius 3 is 2.19 bits per heavy atom. The maximum absolute atomic E-state index is 12.9. The zero-order valence-corrected chi connectivity index (χ0v) is 18.0. The number of hydrogen-bond donors (Lipinski definition) is 2. The van der Waals surface area contributed by atoms with E-state index in [2.05, 4.69) is 10.5 Å². The molecule has 3 rings (SSSR count). The van der Waals surface area contributed by atoms with Crippen molar-refractivity contribution in [2.24, 2.45) is 5.10 Å². The fourth-order valence-corrected chi connectivity index (χ4v) is 3.31. The minimum Gasteiger partial charge on any atom is -0.486 e. The highest BCUT2D eigenvalue weighted by Gasteiger charge is 2.10. The molecule has 0 fully saturated rings. The first kappa shape index (κ1) is 23.2.